The van der Waals surface area contributed by atoms with E-state index in [-0.39, 0.29) is 11.6 Å². The summed E-state index contributed by atoms with van der Waals surface area (Å²) < 4.78 is 0.934. The summed E-state index contributed by atoms with van der Waals surface area (Å²) in [6.07, 6.45) is 1.65. The van der Waals surface area contributed by atoms with Crippen molar-refractivity contribution < 1.29 is 9.59 Å². The van der Waals surface area contributed by atoms with Crippen molar-refractivity contribution in [1.29, 1.82) is 0 Å². The summed E-state index contributed by atoms with van der Waals surface area (Å²) >= 11 is 3.40. The van der Waals surface area contributed by atoms with Crippen molar-refractivity contribution in [1.82, 2.24) is 5.32 Å². The number of aryl methyl sites for hydroxylation is 2. The fourth-order valence-corrected chi connectivity index (χ4v) is 2.88. The smallest absolute Gasteiger partial charge is 0.272 e. The molecule has 0 heterocycles. The Kier molecular flexibility index (Phi) is 6.62. The molecule has 0 bridgehead atoms. The molecule has 0 saturated heterocycles. The number of anilines is 1. The minimum absolute atomic E-state index is 0.165. The molecular weight excluding hydrogens is 428 g/mol. The average molecular weight is 449 g/mol. The van der Waals surface area contributed by atoms with Gasteiger partial charge in [-0.25, -0.2) is 0 Å². The lowest BCUT2D eigenvalue weighted by molar-refractivity contribution is -0.113. The first kappa shape index (κ1) is 20.6. The maximum absolute atomic E-state index is 12.9. The SMILES string of the molecule is Cc1ccc(NC(=O)/C(=C/c2ccc(Br)cc2)NC(=O)c2ccc(C)cc2)cc1. The van der Waals surface area contributed by atoms with Crippen LogP contribution in [0.5, 0.6) is 0 Å². The average Bonchev–Trinajstić information content (AvgIpc) is 2.71. The van der Waals surface area contributed by atoms with E-state index in [1.807, 2.05) is 74.5 Å². The molecule has 0 aromatic heterocycles. The summed E-state index contributed by atoms with van der Waals surface area (Å²) in [5, 5.41) is 5.58. The van der Waals surface area contributed by atoms with Gasteiger partial charge in [-0.05, 0) is 61.9 Å². The second-order valence-corrected chi connectivity index (χ2v) is 7.67. The van der Waals surface area contributed by atoms with Crippen molar-refractivity contribution in [2.24, 2.45) is 0 Å². The van der Waals surface area contributed by atoms with E-state index in [9.17, 15) is 9.59 Å². The topological polar surface area (TPSA) is 58.2 Å². The summed E-state index contributed by atoms with van der Waals surface area (Å²) in [6, 6.07) is 22.2. The first-order chi connectivity index (χ1) is 13.9. The highest BCUT2D eigenvalue weighted by Crippen LogP contribution is 2.15. The van der Waals surface area contributed by atoms with Crippen LogP contribution in [0, 0.1) is 13.8 Å². The Morgan fingerprint density at radius 2 is 1.34 bits per heavy atom. The highest BCUT2D eigenvalue weighted by Gasteiger charge is 2.15. The zero-order chi connectivity index (χ0) is 20.8. The van der Waals surface area contributed by atoms with Gasteiger partial charge in [0, 0.05) is 15.7 Å². The lowest BCUT2D eigenvalue weighted by Crippen LogP contribution is -2.30. The largest absolute Gasteiger partial charge is 0.321 e. The van der Waals surface area contributed by atoms with E-state index in [2.05, 4.69) is 26.6 Å². The monoisotopic (exact) mass is 448 g/mol. The Morgan fingerprint density at radius 3 is 1.93 bits per heavy atom. The minimum atomic E-state index is -0.391. The third-order valence-corrected chi connectivity index (χ3v) is 4.83. The van der Waals surface area contributed by atoms with Crippen molar-refractivity contribution in [2.45, 2.75) is 13.8 Å². The third-order valence-electron chi connectivity index (χ3n) is 4.30. The van der Waals surface area contributed by atoms with Gasteiger partial charge in [0.1, 0.15) is 5.70 Å². The molecule has 3 rings (SSSR count). The molecule has 0 atom stereocenters. The van der Waals surface area contributed by atoms with Crippen molar-refractivity contribution in [3.05, 3.63) is 105 Å². The Labute approximate surface area is 178 Å². The first-order valence-corrected chi connectivity index (χ1v) is 9.93. The summed E-state index contributed by atoms with van der Waals surface area (Å²) in [6.45, 7) is 3.93. The normalized spacial score (nSPS) is 11.1. The van der Waals surface area contributed by atoms with Crippen LogP contribution in [0.2, 0.25) is 0 Å². The zero-order valence-corrected chi connectivity index (χ0v) is 17.8. The fourth-order valence-electron chi connectivity index (χ4n) is 2.62. The van der Waals surface area contributed by atoms with Gasteiger partial charge in [0.05, 0.1) is 0 Å². The summed E-state index contributed by atoms with van der Waals surface area (Å²) in [5.41, 5.74) is 4.27. The Morgan fingerprint density at radius 1 is 0.793 bits per heavy atom. The van der Waals surface area contributed by atoms with Crippen molar-refractivity contribution >= 4 is 39.5 Å². The van der Waals surface area contributed by atoms with Crippen LogP contribution in [-0.2, 0) is 4.79 Å². The Balaban J connectivity index is 1.86. The standard InChI is InChI=1S/C24H21BrN2O2/c1-16-3-9-19(10-4-16)23(28)27-22(15-18-7-11-20(25)12-8-18)24(29)26-21-13-5-17(2)6-14-21/h3-15H,1-2H3,(H,26,29)(H,27,28)/b22-15-. The maximum atomic E-state index is 12.9. The maximum Gasteiger partial charge on any atom is 0.272 e. The number of amides is 2. The highest BCUT2D eigenvalue weighted by molar-refractivity contribution is 9.10. The molecule has 0 saturated carbocycles. The van der Waals surface area contributed by atoms with Gasteiger partial charge in [0.15, 0.2) is 0 Å². The number of halogens is 1. The minimum Gasteiger partial charge on any atom is -0.321 e. The number of benzene rings is 3. The van der Waals surface area contributed by atoms with E-state index in [1.54, 1.807) is 18.2 Å². The van der Waals surface area contributed by atoms with Crippen LogP contribution in [-0.4, -0.2) is 11.8 Å². The van der Waals surface area contributed by atoms with Crippen molar-refractivity contribution in [2.75, 3.05) is 5.32 Å². The van der Waals surface area contributed by atoms with Gasteiger partial charge in [0.2, 0.25) is 0 Å². The molecular formula is C24H21BrN2O2. The predicted molar refractivity (Wildman–Crippen MR) is 121 cm³/mol. The number of carbonyl (C=O) groups is 2. The molecule has 0 spiro atoms. The van der Waals surface area contributed by atoms with E-state index in [0.717, 1.165) is 21.2 Å². The van der Waals surface area contributed by atoms with E-state index in [1.165, 1.54) is 0 Å². The quantitative estimate of drug-likeness (QED) is 0.507. The van der Waals surface area contributed by atoms with Gasteiger partial charge < -0.3 is 10.6 Å². The van der Waals surface area contributed by atoms with Crippen LogP contribution in [0.4, 0.5) is 5.69 Å². The predicted octanol–water partition coefficient (Wildman–Crippen LogP) is 5.48. The molecule has 4 nitrogen and oxygen atoms in total. The molecule has 5 heteroatoms. The van der Waals surface area contributed by atoms with Crippen LogP contribution in [0.1, 0.15) is 27.0 Å². The lowest BCUT2D eigenvalue weighted by atomic mass is 10.1. The summed E-state index contributed by atoms with van der Waals surface area (Å²) in [5.74, 6) is -0.732. The van der Waals surface area contributed by atoms with Gasteiger partial charge in [-0.3, -0.25) is 9.59 Å². The van der Waals surface area contributed by atoms with Crippen LogP contribution >= 0.6 is 15.9 Å². The third kappa shape index (κ3) is 5.90. The van der Waals surface area contributed by atoms with E-state index >= 15 is 0 Å². The molecule has 0 unspecified atom stereocenters. The van der Waals surface area contributed by atoms with Crippen LogP contribution in [0.3, 0.4) is 0 Å². The zero-order valence-electron chi connectivity index (χ0n) is 16.2. The van der Waals surface area contributed by atoms with Gasteiger partial charge in [-0.1, -0.05) is 63.5 Å². The van der Waals surface area contributed by atoms with Crippen molar-refractivity contribution in [3.8, 4) is 0 Å². The van der Waals surface area contributed by atoms with Gasteiger partial charge in [-0.15, -0.1) is 0 Å². The van der Waals surface area contributed by atoms with Crippen molar-refractivity contribution in [3.63, 3.8) is 0 Å². The van der Waals surface area contributed by atoms with Crippen LogP contribution < -0.4 is 10.6 Å². The fraction of sp³-hybridized carbons (Fsp3) is 0.0833. The molecule has 29 heavy (non-hydrogen) atoms. The molecule has 0 radical (unpaired) electrons. The van der Waals surface area contributed by atoms with Gasteiger partial charge in [0.25, 0.3) is 11.8 Å². The molecule has 3 aromatic carbocycles. The number of hydrogen-bond donors (Lipinski definition) is 2. The Hall–Kier alpha value is -3.18. The van der Waals surface area contributed by atoms with Gasteiger partial charge in [-0.2, -0.15) is 0 Å². The summed E-state index contributed by atoms with van der Waals surface area (Å²) in [7, 11) is 0. The molecule has 0 aliphatic carbocycles. The van der Waals surface area contributed by atoms with Gasteiger partial charge >= 0.3 is 0 Å². The number of carbonyl (C=O) groups excluding carboxylic acids is 2. The lowest BCUT2D eigenvalue weighted by Gasteiger charge is -2.12. The number of rotatable bonds is 5. The van der Waals surface area contributed by atoms with E-state index < -0.39 is 5.91 Å². The molecule has 0 aliphatic rings. The van der Waals surface area contributed by atoms with E-state index in [4.69, 9.17) is 0 Å². The molecule has 3 aromatic rings. The summed E-state index contributed by atoms with van der Waals surface area (Å²) in [4.78, 5) is 25.6. The molecule has 0 aliphatic heterocycles. The number of hydrogen-bond acceptors (Lipinski definition) is 2. The molecule has 2 N–H and O–H groups in total. The van der Waals surface area contributed by atoms with E-state index in [0.29, 0.717) is 11.3 Å². The highest BCUT2D eigenvalue weighted by atomic mass is 79.9. The molecule has 146 valence electrons. The van der Waals surface area contributed by atoms with Crippen LogP contribution in [0.15, 0.2) is 83.0 Å². The molecule has 0 fully saturated rings. The Bertz CT molecular complexity index is 1040. The van der Waals surface area contributed by atoms with Crippen LogP contribution in [0.25, 0.3) is 6.08 Å². The second-order valence-electron chi connectivity index (χ2n) is 6.75. The molecule has 2 amide bonds. The first-order valence-electron chi connectivity index (χ1n) is 9.14. The second kappa shape index (κ2) is 9.34. The number of nitrogens with one attached hydrogen (secondary N) is 2.